The summed E-state index contributed by atoms with van der Waals surface area (Å²) in [4.78, 5) is 22.1. The maximum absolute atomic E-state index is 12.1. The second kappa shape index (κ2) is 6.44. The van der Waals surface area contributed by atoms with Gasteiger partial charge in [0.2, 0.25) is 5.91 Å². The molecule has 118 valence electrons. The molecule has 0 unspecified atom stereocenters. The lowest BCUT2D eigenvalue weighted by molar-refractivity contribution is -0.117. The van der Waals surface area contributed by atoms with Crippen molar-refractivity contribution in [2.24, 2.45) is 11.7 Å². The maximum atomic E-state index is 12.1. The first-order valence-corrected chi connectivity index (χ1v) is 9.18. The van der Waals surface area contributed by atoms with Gasteiger partial charge in [-0.1, -0.05) is 6.42 Å². The summed E-state index contributed by atoms with van der Waals surface area (Å²) in [6, 6.07) is 0.167. The number of aromatic nitrogens is 2. The molecule has 3 rings (SSSR count). The number of hydrogen-bond acceptors (Lipinski definition) is 6. The van der Waals surface area contributed by atoms with Crippen LogP contribution in [-0.4, -0.2) is 21.9 Å². The number of carbonyl (C=O) groups excluding carboxylic acids is 1. The van der Waals surface area contributed by atoms with Gasteiger partial charge in [0.15, 0.2) is 5.13 Å². The van der Waals surface area contributed by atoms with Crippen LogP contribution in [-0.2, 0) is 4.79 Å². The molecular formula is C15H20N4OS2. The monoisotopic (exact) mass is 336 g/mol. The predicted octanol–water partition coefficient (Wildman–Crippen LogP) is 3.34. The van der Waals surface area contributed by atoms with E-state index in [-0.39, 0.29) is 11.9 Å². The van der Waals surface area contributed by atoms with Crippen LogP contribution in [0.3, 0.4) is 0 Å². The highest BCUT2D eigenvalue weighted by molar-refractivity contribution is 7.16. The zero-order valence-electron chi connectivity index (χ0n) is 12.8. The minimum Gasteiger partial charge on any atom is -0.327 e. The number of rotatable bonds is 4. The number of carbonyl (C=O) groups is 1. The Morgan fingerprint density at radius 3 is 2.86 bits per heavy atom. The van der Waals surface area contributed by atoms with Crippen molar-refractivity contribution in [2.45, 2.75) is 45.6 Å². The van der Waals surface area contributed by atoms with Crippen molar-refractivity contribution in [2.75, 3.05) is 5.32 Å². The first kappa shape index (κ1) is 15.6. The Labute approximate surface area is 138 Å². The molecule has 0 radical (unpaired) electrons. The highest BCUT2D eigenvalue weighted by atomic mass is 32.1. The third kappa shape index (κ3) is 3.37. The van der Waals surface area contributed by atoms with Gasteiger partial charge in [0.1, 0.15) is 0 Å². The van der Waals surface area contributed by atoms with Gasteiger partial charge in [-0.25, -0.2) is 9.97 Å². The number of thiazole rings is 2. The van der Waals surface area contributed by atoms with E-state index in [1.54, 1.807) is 11.3 Å². The van der Waals surface area contributed by atoms with E-state index in [9.17, 15) is 4.79 Å². The standard InChI is InChI=1S/C15H20N4OS2/c1-8-14(22-9(2)17-8)12-7-21-15(18-12)19-13(20)6-10-4-3-5-11(10)16/h7,10-11H,3-6,16H2,1-2H3,(H,18,19,20)/t10-,11+/m0/s1. The third-order valence-corrected chi connectivity index (χ3v) is 5.91. The summed E-state index contributed by atoms with van der Waals surface area (Å²) in [6.07, 6.45) is 3.71. The quantitative estimate of drug-likeness (QED) is 0.897. The molecule has 0 aromatic carbocycles. The van der Waals surface area contributed by atoms with Gasteiger partial charge in [0.25, 0.3) is 0 Å². The summed E-state index contributed by atoms with van der Waals surface area (Å²) < 4.78 is 0. The van der Waals surface area contributed by atoms with Crippen LogP contribution < -0.4 is 11.1 Å². The lowest BCUT2D eigenvalue weighted by Crippen LogP contribution is -2.28. The van der Waals surface area contributed by atoms with E-state index < -0.39 is 0 Å². The van der Waals surface area contributed by atoms with Crippen molar-refractivity contribution >= 4 is 33.7 Å². The Balaban J connectivity index is 1.64. The van der Waals surface area contributed by atoms with Gasteiger partial charge in [0, 0.05) is 17.8 Å². The Kier molecular flexibility index (Phi) is 4.56. The van der Waals surface area contributed by atoms with Crippen molar-refractivity contribution in [1.82, 2.24) is 9.97 Å². The summed E-state index contributed by atoms with van der Waals surface area (Å²) in [5, 5.41) is 6.55. The van der Waals surface area contributed by atoms with Crippen LogP contribution in [0.25, 0.3) is 10.6 Å². The normalized spacial score (nSPS) is 21.2. The topological polar surface area (TPSA) is 80.9 Å². The number of anilines is 1. The molecule has 0 spiro atoms. The average Bonchev–Trinajstić information content (AvgIpc) is 3.13. The number of nitrogens with one attached hydrogen (secondary N) is 1. The SMILES string of the molecule is Cc1nc(C)c(-c2csc(NC(=O)C[C@@H]3CCC[C@H]3N)n2)s1. The van der Waals surface area contributed by atoms with Crippen LogP contribution in [0.5, 0.6) is 0 Å². The van der Waals surface area contributed by atoms with Gasteiger partial charge in [-0.3, -0.25) is 4.79 Å². The predicted molar refractivity (Wildman–Crippen MR) is 91.3 cm³/mol. The second-order valence-corrected chi connectivity index (χ2v) is 7.85. The zero-order valence-corrected chi connectivity index (χ0v) is 14.4. The fourth-order valence-electron chi connectivity index (χ4n) is 2.93. The summed E-state index contributed by atoms with van der Waals surface area (Å²) in [7, 11) is 0. The molecule has 22 heavy (non-hydrogen) atoms. The van der Waals surface area contributed by atoms with Crippen LogP contribution in [0.15, 0.2) is 5.38 Å². The van der Waals surface area contributed by atoms with Gasteiger partial charge >= 0.3 is 0 Å². The molecule has 1 fully saturated rings. The van der Waals surface area contributed by atoms with Gasteiger partial charge in [0.05, 0.1) is 21.3 Å². The smallest absolute Gasteiger partial charge is 0.226 e. The van der Waals surface area contributed by atoms with Crippen LogP contribution in [0.4, 0.5) is 5.13 Å². The summed E-state index contributed by atoms with van der Waals surface area (Å²) >= 11 is 3.08. The van der Waals surface area contributed by atoms with Crippen LogP contribution in [0.1, 0.15) is 36.4 Å². The first-order chi connectivity index (χ1) is 10.5. The van der Waals surface area contributed by atoms with E-state index in [4.69, 9.17) is 5.73 Å². The molecule has 3 N–H and O–H groups in total. The van der Waals surface area contributed by atoms with Crippen molar-refractivity contribution in [3.63, 3.8) is 0 Å². The van der Waals surface area contributed by atoms with E-state index in [1.165, 1.54) is 11.3 Å². The molecule has 2 heterocycles. The fraction of sp³-hybridized carbons (Fsp3) is 0.533. The average molecular weight is 336 g/mol. The third-order valence-electron chi connectivity index (χ3n) is 4.05. The maximum Gasteiger partial charge on any atom is 0.226 e. The van der Waals surface area contributed by atoms with E-state index in [0.29, 0.717) is 17.5 Å². The molecule has 0 aliphatic heterocycles. The molecule has 7 heteroatoms. The fourth-order valence-corrected chi connectivity index (χ4v) is 4.60. The number of aryl methyl sites for hydroxylation is 2. The molecule has 1 saturated carbocycles. The van der Waals surface area contributed by atoms with E-state index in [0.717, 1.165) is 40.5 Å². The molecule has 1 aliphatic rings. The lowest BCUT2D eigenvalue weighted by Gasteiger charge is -2.13. The molecule has 0 bridgehead atoms. The largest absolute Gasteiger partial charge is 0.327 e. The van der Waals surface area contributed by atoms with Crippen LogP contribution in [0.2, 0.25) is 0 Å². The van der Waals surface area contributed by atoms with E-state index in [1.807, 2.05) is 19.2 Å². The summed E-state index contributed by atoms with van der Waals surface area (Å²) in [5.41, 5.74) is 7.90. The Morgan fingerprint density at radius 2 is 2.23 bits per heavy atom. The molecule has 1 aliphatic carbocycles. The van der Waals surface area contributed by atoms with Crippen molar-refractivity contribution in [1.29, 1.82) is 0 Å². The molecule has 5 nitrogen and oxygen atoms in total. The van der Waals surface area contributed by atoms with Gasteiger partial charge in [-0.2, -0.15) is 0 Å². The second-order valence-electron chi connectivity index (χ2n) is 5.79. The van der Waals surface area contributed by atoms with E-state index >= 15 is 0 Å². The minimum absolute atomic E-state index is 0.0143. The highest BCUT2D eigenvalue weighted by Gasteiger charge is 2.26. The molecule has 0 saturated heterocycles. The Bertz CT molecular complexity index is 679. The zero-order chi connectivity index (χ0) is 15.7. The minimum atomic E-state index is 0.0143. The summed E-state index contributed by atoms with van der Waals surface area (Å²) in [5.74, 6) is 0.325. The first-order valence-electron chi connectivity index (χ1n) is 7.48. The van der Waals surface area contributed by atoms with Crippen molar-refractivity contribution < 1.29 is 4.79 Å². The van der Waals surface area contributed by atoms with Gasteiger partial charge in [-0.15, -0.1) is 22.7 Å². The molecule has 2 aromatic heterocycles. The Hall–Kier alpha value is -1.31. The number of amides is 1. The van der Waals surface area contributed by atoms with Crippen molar-refractivity contribution in [3.05, 3.63) is 16.1 Å². The lowest BCUT2D eigenvalue weighted by atomic mass is 10.00. The molecule has 2 atom stereocenters. The van der Waals surface area contributed by atoms with Gasteiger partial charge < -0.3 is 11.1 Å². The molecule has 1 amide bonds. The molecule has 2 aromatic rings. The van der Waals surface area contributed by atoms with Crippen LogP contribution in [0, 0.1) is 19.8 Å². The highest BCUT2D eigenvalue weighted by Crippen LogP contribution is 2.32. The number of nitrogens with zero attached hydrogens (tertiary/aromatic N) is 2. The van der Waals surface area contributed by atoms with Gasteiger partial charge in [-0.05, 0) is 32.6 Å². The Morgan fingerprint density at radius 1 is 1.41 bits per heavy atom. The van der Waals surface area contributed by atoms with Crippen molar-refractivity contribution in [3.8, 4) is 10.6 Å². The number of hydrogen-bond donors (Lipinski definition) is 2. The summed E-state index contributed by atoms with van der Waals surface area (Å²) in [6.45, 7) is 3.97. The molecular weight excluding hydrogens is 316 g/mol. The van der Waals surface area contributed by atoms with Crippen LogP contribution >= 0.6 is 22.7 Å². The number of nitrogens with two attached hydrogens (primary N) is 1. The van der Waals surface area contributed by atoms with E-state index in [2.05, 4.69) is 15.3 Å².